The van der Waals surface area contributed by atoms with Crippen molar-refractivity contribution in [3.8, 4) is 0 Å². The van der Waals surface area contributed by atoms with Crippen LogP contribution in [0, 0.1) is 11.3 Å². The predicted octanol–water partition coefficient (Wildman–Crippen LogP) is 4.63. The Bertz CT molecular complexity index is 227. The number of carboxylic acids is 1. The van der Waals surface area contributed by atoms with Crippen LogP contribution in [0.5, 0.6) is 0 Å². The Morgan fingerprint density at radius 2 is 1.82 bits per heavy atom. The van der Waals surface area contributed by atoms with Crippen LogP contribution in [0.2, 0.25) is 0 Å². The molecule has 0 aromatic carbocycles. The van der Waals surface area contributed by atoms with E-state index >= 15 is 0 Å². The summed E-state index contributed by atoms with van der Waals surface area (Å²) in [6.07, 6.45) is 10.9. The summed E-state index contributed by atoms with van der Waals surface area (Å²) in [6.45, 7) is 4.42. The number of unbranched alkanes of at least 4 members (excludes halogenated alkanes) is 3. The van der Waals surface area contributed by atoms with Crippen molar-refractivity contribution in [1.82, 2.24) is 0 Å². The van der Waals surface area contributed by atoms with E-state index in [1.54, 1.807) is 0 Å². The van der Waals surface area contributed by atoms with Crippen LogP contribution < -0.4 is 0 Å². The van der Waals surface area contributed by atoms with Gasteiger partial charge in [0.1, 0.15) is 0 Å². The maximum atomic E-state index is 11.5. The summed E-state index contributed by atoms with van der Waals surface area (Å²) in [5, 5.41) is 9.50. The average molecular weight is 240 g/mol. The summed E-state index contributed by atoms with van der Waals surface area (Å²) in [7, 11) is 0. The molecular weight excluding hydrogens is 212 g/mol. The Morgan fingerprint density at radius 3 is 2.29 bits per heavy atom. The third-order valence-corrected chi connectivity index (χ3v) is 4.60. The van der Waals surface area contributed by atoms with Crippen molar-refractivity contribution in [2.45, 2.75) is 78.1 Å². The first-order valence-corrected chi connectivity index (χ1v) is 7.38. The highest BCUT2D eigenvalue weighted by Crippen LogP contribution is 2.43. The zero-order valence-electron chi connectivity index (χ0n) is 11.5. The van der Waals surface area contributed by atoms with Crippen molar-refractivity contribution < 1.29 is 9.90 Å². The third-order valence-electron chi connectivity index (χ3n) is 4.60. The van der Waals surface area contributed by atoms with Gasteiger partial charge in [-0.15, -0.1) is 0 Å². The standard InChI is InChI=1S/C15H28O2/c1-3-5-6-7-10-15(14(16)17)11-8-13(4-2)9-12-15/h13H,3-12H2,1-2H3,(H,16,17). The highest BCUT2D eigenvalue weighted by atomic mass is 16.4. The Labute approximate surface area is 106 Å². The molecule has 0 heterocycles. The van der Waals surface area contributed by atoms with Crippen LogP contribution in [0.1, 0.15) is 78.1 Å². The molecule has 0 aromatic heterocycles. The zero-order chi connectivity index (χ0) is 12.7. The predicted molar refractivity (Wildman–Crippen MR) is 71.1 cm³/mol. The Balaban J connectivity index is 2.44. The van der Waals surface area contributed by atoms with E-state index in [-0.39, 0.29) is 5.41 Å². The first-order chi connectivity index (χ1) is 8.14. The number of aliphatic carboxylic acids is 1. The molecule has 17 heavy (non-hydrogen) atoms. The molecule has 0 radical (unpaired) electrons. The number of carboxylic acid groups (broad SMARTS) is 1. The molecule has 2 nitrogen and oxygen atoms in total. The van der Waals surface area contributed by atoms with Crippen LogP contribution in [0.15, 0.2) is 0 Å². The fourth-order valence-electron chi connectivity index (χ4n) is 3.10. The second kappa shape index (κ2) is 7.03. The molecule has 0 unspecified atom stereocenters. The minimum absolute atomic E-state index is 0.376. The quantitative estimate of drug-likeness (QED) is 0.659. The molecule has 0 atom stereocenters. The van der Waals surface area contributed by atoms with Crippen molar-refractivity contribution in [1.29, 1.82) is 0 Å². The average Bonchev–Trinajstić information content (AvgIpc) is 2.35. The van der Waals surface area contributed by atoms with Crippen molar-refractivity contribution in [3.05, 3.63) is 0 Å². The molecule has 0 aliphatic heterocycles. The number of rotatable bonds is 7. The first-order valence-electron chi connectivity index (χ1n) is 7.38. The summed E-state index contributed by atoms with van der Waals surface area (Å²) in [5.74, 6) is 0.238. The number of carbonyl (C=O) groups is 1. The molecule has 0 amide bonds. The van der Waals surface area contributed by atoms with E-state index in [1.165, 1.54) is 25.7 Å². The van der Waals surface area contributed by atoms with E-state index in [4.69, 9.17) is 0 Å². The van der Waals surface area contributed by atoms with Crippen LogP contribution in [-0.4, -0.2) is 11.1 Å². The molecule has 100 valence electrons. The molecule has 2 heteroatoms. The zero-order valence-corrected chi connectivity index (χ0v) is 11.5. The van der Waals surface area contributed by atoms with Gasteiger partial charge >= 0.3 is 5.97 Å². The summed E-state index contributed by atoms with van der Waals surface area (Å²) >= 11 is 0. The fraction of sp³-hybridized carbons (Fsp3) is 0.933. The van der Waals surface area contributed by atoms with Gasteiger partial charge in [-0.3, -0.25) is 4.79 Å². The lowest BCUT2D eigenvalue weighted by Gasteiger charge is -2.36. The number of hydrogen-bond donors (Lipinski definition) is 1. The Morgan fingerprint density at radius 1 is 1.18 bits per heavy atom. The molecule has 1 N–H and O–H groups in total. The van der Waals surface area contributed by atoms with E-state index in [2.05, 4.69) is 13.8 Å². The van der Waals surface area contributed by atoms with Crippen LogP contribution in [0.4, 0.5) is 0 Å². The Hall–Kier alpha value is -0.530. The molecule has 1 aliphatic rings. The topological polar surface area (TPSA) is 37.3 Å². The fourth-order valence-corrected chi connectivity index (χ4v) is 3.10. The SMILES string of the molecule is CCCCCCC1(C(=O)O)CCC(CC)CC1. The minimum atomic E-state index is -0.538. The Kier molecular flexibility index (Phi) is 6.01. The van der Waals surface area contributed by atoms with Gasteiger partial charge in [0.25, 0.3) is 0 Å². The first kappa shape index (κ1) is 14.5. The van der Waals surface area contributed by atoms with Gasteiger partial charge < -0.3 is 5.11 Å². The van der Waals surface area contributed by atoms with Gasteiger partial charge in [-0.25, -0.2) is 0 Å². The molecule has 0 bridgehead atoms. The van der Waals surface area contributed by atoms with Gasteiger partial charge in [-0.1, -0.05) is 46.0 Å². The summed E-state index contributed by atoms with van der Waals surface area (Å²) in [5.41, 5.74) is -0.376. The molecule has 0 spiro atoms. The largest absolute Gasteiger partial charge is 0.481 e. The molecule has 1 rings (SSSR count). The van der Waals surface area contributed by atoms with E-state index < -0.39 is 5.97 Å². The summed E-state index contributed by atoms with van der Waals surface area (Å²) in [4.78, 5) is 11.5. The van der Waals surface area contributed by atoms with E-state index in [0.717, 1.165) is 44.4 Å². The smallest absolute Gasteiger partial charge is 0.309 e. The lowest BCUT2D eigenvalue weighted by atomic mass is 9.67. The summed E-state index contributed by atoms with van der Waals surface area (Å²) < 4.78 is 0. The van der Waals surface area contributed by atoms with Gasteiger partial charge in [0, 0.05) is 0 Å². The molecule has 1 saturated carbocycles. The van der Waals surface area contributed by atoms with Crippen molar-refractivity contribution in [2.24, 2.45) is 11.3 Å². The minimum Gasteiger partial charge on any atom is -0.481 e. The van der Waals surface area contributed by atoms with Crippen LogP contribution >= 0.6 is 0 Å². The van der Waals surface area contributed by atoms with Gasteiger partial charge in [-0.2, -0.15) is 0 Å². The van der Waals surface area contributed by atoms with Gasteiger partial charge in [0.05, 0.1) is 5.41 Å². The van der Waals surface area contributed by atoms with E-state index in [1.807, 2.05) is 0 Å². The maximum Gasteiger partial charge on any atom is 0.309 e. The van der Waals surface area contributed by atoms with Crippen LogP contribution in [0.3, 0.4) is 0 Å². The second-order valence-electron chi connectivity index (χ2n) is 5.75. The van der Waals surface area contributed by atoms with Crippen molar-refractivity contribution in [3.63, 3.8) is 0 Å². The van der Waals surface area contributed by atoms with Gasteiger partial charge in [0.2, 0.25) is 0 Å². The molecule has 0 aromatic rings. The normalized spacial score (nSPS) is 29.2. The van der Waals surface area contributed by atoms with Crippen LogP contribution in [0.25, 0.3) is 0 Å². The molecule has 1 aliphatic carbocycles. The molecule has 0 saturated heterocycles. The van der Waals surface area contributed by atoms with Gasteiger partial charge in [-0.05, 0) is 38.0 Å². The molecular formula is C15H28O2. The monoisotopic (exact) mass is 240 g/mol. The van der Waals surface area contributed by atoms with E-state index in [0.29, 0.717) is 0 Å². The molecule has 1 fully saturated rings. The maximum absolute atomic E-state index is 11.5. The van der Waals surface area contributed by atoms with Crippen LogP contribution in [-0.2, 0) is 4.79 Å². The second-order valence-corrected chi connectivity index (χ2v) is 5.75. The third kappa shape index (κ3) is 4.01. The van der Waals surface area contributed by atoms with Crippen molar-refractivity contribution >= 4 is 5.97 Å². The highest BCUT2D eigenvalue weighted by Gasteiger charge is 2.40. The number of hydrogen-bond acceptors (Lipinski definition) is 1. The highest BCUT2D eigenvalue weighted by molar-refractivity contribution is 5.74. The lowest BCUT2D eigenvalue weighted by Crippen LogP contribution is -2.35. The van der Waals surface area contributed by atoms with E-state index in [9.17, 15) is 9.90 Å². The van der Waals surface area contributed by atoms with Gasteiger partial charge in [0.15, 0.2) is 0 Å². The summed E-state index contributed by atoms with van der Waals surface area (Å²) in [6, 6.07) is 0. The lowest BCUT2D eigenvalue weighted by molar-refractivity contribution is -0.152. The van der Waals surface area contributed by atoms with Crippen molar-refractivity contribution in [2.75, 3.05) is 0 Å².